The SMILES string of the molecule is CC(C)(C)OC(=O)N1C[C@@H](F)C[C@H]1CCN. The summed E-state index contributed by atoms with van der Waals surface area (Å²) < 4.78 is 18.5. The van der Waals surface area contributed by atoms with Gasteiger partial charge in [-0.15, -0.1) is 0 Å². The zero-order chi connectivity index (χ0) is 12.3. The third-order valence-electron chi connectivity index (χ3n) is 2.49. The van der Waals surface area contributed by atoms with Crippen molar-refractivity contribution in [2.45, 2.75) is 51.4 Å². The number of carbonyl (C=O) groups excluding carboxylic acids is 1. The topological polar surface area (TPSA) is 55.6 Å². The molecule has 0 aromatic carbocycles. The van der Waals surface area contributed by atoms with Crippen molar-refractivity contribution in [2.24, 2.45) is 5.73 Å². The monoisotopic (exact) mass is 232 g/mol. The predicted molar refractivity (Wildman–Crippen MR) is 59.9 cm³/mol. The first-order valence-corrected chi connectivity index (χ1v) is 5.67. The average molecular weight is 232 g/mol. The molecule has 0 spiro atoms. The average Bonchev–Trinajstić information content (AvgIpc) is 2.44. The van der Waals surface area contributed by atoms with Crippen LogP contribution in [0.15, 0.2) is 0 Å². The molecule has 0 aromatic rings. The molecule has 0 saturated carbocycles. The van der Waals surface area contributed by atoms with Gasteiger partial charge in [0.2, 0.25) is 0 Å². The number of halogens is 1. The van der Waals surface area contributed by atoms with Crippen LogP contribution in [-0.2, 0) is 4.74 Å². The summed E-state index contributed by atoms with van der Waals surface area (Å²) in [5, 5.41) is 0. The lowest BCUT2D eigenvalue weighted by molar-refractivity contribution is 0.0214. The fourth-order valence-corrected chi connectivity index (χ4v) is 1.87. The summed E-state index contributed by atoms with van der Waals surface area (Å²) in [5.41, 5.74) is 4.90. The number of hydrogen-bond acceptors (Lipinski definition) is 3. The van der Waals surface area contributed by atoms with E-state index in [9.17, 15) is 9.18 Å². The van der Waals surface area contributed by atoms with E-state index in [0.717, 1.165) is 0 Å². The van der Waals surface area contributed by atoms with Crippen molar-refractivity contribution in [3.05, 3.63) is 0 Å². The molecule has 1 amide bonds. The fourth-order valence-electron chi connectivity index (χ4n) is 1.87. The molecule has 5 heteroatoms. The lowest BCUT2D eigenvalue weighted by atomic mass is 10.1. The molecule has 1 aliphatic rings. The quantitative estimate of drug-likeness (QED) is 0.788. The van der Waals surface area contributed by atoms with Gasteiger partial charge in [-0.25, -0.2) is 9.18 Å². The molecular formula is C11H21FN2O2. The highest BCUT2D eigenvalue weighted by Gasteiger charge is 2.36. The molecule has 16 heavy (non-hydrogen) atoms. The van der Waals surface area contributed by atoms with Gasteiger partial charge in [0.25, 0.3) is 0 Å². The third kappa shape index (κ3) is 3.63. The normalized spacial score (nSPS) is 25.9. The highest BCUT2D eigenvalue weighted by Crippen LogP contribution is 2.24. The maximum absolute atomic E-state index is 13.3. The summed E-state index contributed by atoms with van der Waals surface area (Å²) in [7, 11) is 0. The Hall–Kier alpha value is -0.840. The second kappa shape index (κ2) is 4.99. The number of carbonyl (C=O) groups is 1. The Labute approximate surface area is 95.9 Å². The van der Waals surface area contributed by atoms with Crippen molar-refractivity contribution in [3.63, 3.8) is 0 Å². The molecule has 1 aliphatic heterocycles. The van der Waals surface area contributed by atoms with E-state index in [1.807, 2.05) is 0 Å². The van der Waals surface area contributed by atoms with E-state index in [1.54, 1.807) is 20.8 Å². The van der Waals surface area contributed by atoms with Gasteiger partial charge in [0.1, 0.15) is 11.8 Å². The van der Waals surface area contributed by atoms with Gasteiger partial charge in [-0.3, -0.25) is 0 Å². The van der Waals surface area contributed by atoms with Gasteiger partial charge in [0, 0.05) is 12.5 Å². The summed E-state index contributed by atoms with van der Waals surface area (Å²) >= 11 is 0. The molecule has 1 fully saturated rings. The van der Waals surface area contributed by atoms with E-state index >= 15 is 0 Å². The van der Waals surface area contributed by atoms with E-state index in [4.69, 9.17) is 10.5 Å². The number of amides is 1. The zero-order valence-electron chi connectivity index (χ0n) is 10.2. The van der Waals surface area contributed by atoms with Gasteiger partial charge in [-0.1, -0.05) is 0 Å². The van der Waals surface area contributed by atoms with Gasteiger partial charge in [-0.2, -0.15) is 0 Å². The summed E-state index contributed by atoms with van der Waals surface area (Å²) in [4.78, 5) is 13.2. The van der Waals surface area contributed by atoms with Gasteiger partial charge in [0.05, 0.1) is 6.54 Å². The van der Waals surface area contributed by atoms with Crippen LogP contribution in [0.4, 0.5) is 9.18 Å². The summed E-state index contributed by atoms with van der Waals surface area (Å²) in [5.74, 6) is 0. The van der Waals surface area contributed by atoms with Crippen LogP contribution in [-0.4, -0.2) is 41.9 Å². The molecule has 94 valence electrons. The molecule has 1 rings (SSSR count). The zero-order valence-corrected chi connectivity index (χ0v) is 10.2. The Morgan fingerprint density at radius 1 is 1.56 bits per heavy atom. The van der Waals surface area contributed by atoms with Gasteiger partial charge < -0.3 is 15.4 Å². The highest BCUT2D eigenvalue weighted by atomic mass is 19.1. The van der Waals surface area contributed by atoms with Crippen LogP contribution in [0.25, 0.3) is 0 Å². The lowest BCUT2D eigenvalue weighted by Crippen LogP contribution is -2.40. The van der Waals surface area contributed by atoms with Crippen LogP contribution < -0.4 is 5.73 Å². The Bertz CT molecular complexity index is 253. The summed E-state index contributed by atoms with van der Waals surface area (Å²) in [6, 6.07) is -0.116. The second-order valence-electron chi connectivity index (χ2n) is 5.20. The second-order valence-corrected chi connectivity index (χ2v) is 5.20. The maximum Gasteiger partial charge on any atom is 0.410 e. The van der Waals surface area contributed by atoms with E-state index < -0.39 is 17.9 Å². The molecule has 1 heterocycles. The molecule has 0 radical (unpaired) electrons. The lowest BCUT2D eigenvalue weighted by Gasteiger charge is -2.28. The summed E-state index contributed by atoms with van der Waals surface area (Å²) in [6.45, 7) is 5.97. The van der Waals surface area contributed by atoms with E-state index in [-0.39, 0.29) is 12.6 Å². The smallest absolute Gasteiger partial charge is 0.410 e. The standard InChI is InChI=1S/C11H21FN2O2/c1-11(2,3)16-10(15)14-7-8(12)6-9(14)4-5-13/h8-9H,4-7,13H2,1-3H3/t8-,9+/m0/s1. The molecule has 2 atom stereocenters. The van der Waals surface area contributed by atoms with Crippen molar-refractivity contribution in [3.8, 4) is 0 Å². The number of hydrogen-bond donors (Lipinski definition) is 1. The van der Waals surface area contributed by atoms with E-state index in [2.05, 4.69) is 0 Å². The number of alkyl halides is 1. The van der Waals surface area contributed by atoms with Crippen LogP contribution in [0.1, 0.15) is 33.6 Å². The Morgan fingerprint density at radius 3 is 2.69 bits per heavy atom. The largest absolute Gasteiger partial charge is 0.444 e. The number of nitrogens with two attached hydrogens (primary N) is 1. The van der Waals surface area contributed by atoms with Gasteiger partial charge in [-0.05, 0) is 33.7 Å². The van der Waals surface area contributed by atoms with Crippen molar-refractivity contribution >= 4 is 6.09 Å². The van der Waals surface area contributed by atoms with Crippen molar-refractivity contribution in [2.75, 3.05) is 13.1 Å². The first kappa shape index (κ1) is 13.2. The Morgan fingerprint density at radius 2 is 2.19 bits per heavy atom. The first-order chi connectivity index (χ1) is 7.33. The van der Waals surface area contributed by atoms with Crippen molar-refractivity contribution in [1.29, 1.82) is 0 Å². The first-order valence-electron chi connectivity index (χ1n) is 5.67. The summed E-state index contributed by atoms with van der Waals surface area (Å²) in [6.07, 6.45) is -0.397. The third-order valence-corrected chi connectivity index (χ3v) is 2.49. The molecule has 0 bridgehead atoms. The minimum atomic E-state index is -0.955. The predicted octanol–water partition coefficient (Wildman–Crippen LogP) is 1.68. The number of rotatable bonds is 2. The molecule has 0 aromatic heterocycles. The molecule has 1 saturated heterocycles. The minimum Gasteiger partial charge on any atom is -0.444 e. The van der Waals surface area contributed by atoms with Crippen LogP contribution in [0.2, 0.25) is 0 Å². The van der Waals surface area contributed by atoms with Crippen LogP contribution in [0, 0.1) is 0 Å². The number of likely N-dealkylation sites (tertiary alicyclic amines) is 1. The minimum absolute atomic E-state index is 0.116. The van der Waals surface area contributed by atoms with Crippen molar-refractivity contribution in [1.82, 2.24) is 4.90 Å². The molecule has 0 aliphatic carbocycles. The highest BCUT2D eigenvalue weighted by molar-refractivity contribution is 5.69. The fraction of sp³-hybridized carbons (Fsp3) is 0.909. The van der Waals surface area contributed by atoms with Crippen LogP contribution in [0.5, 0.6) is 0 Å². The Balaban J connectivity index is 2.59. The number of ether oxygens (including phenoxy) is 1. The van der Waals surface area contributed by atoms with Crippen LogP contribution >= 0.6 is 0 Å². The van der Waals surface area contributed by atoms with E-state index in [0.29, 0.717) is 19.4 Å². The molecule has 0 unspecified atom stereocenters. The van der Waals surface area contributed by atoms with E-state index in [1.165, 1.54) is 4.90 Å². The maximum atomic E-state index is 13.3. The van der Waals surface area contributed by atoms with Gasteiger partial charge >= 0.3 is 6.09 Å². The molecule has 4 nitrogen and oxygen atoms in total. The van der Waals surface area contributed by atoms with Crippen molar-refractivity contribution < 1.29 is 13.9 Å². The number of nitrogens with zero attached hydrogens (tertiary/aromatic N) is 1. The van der Waals surface area contributed by atoms with Crippen LogP contribution in [0.3, 0.4) is 0 Å². The molecular weight excluding hydrogens is 211 g/mol. The van der Waals surface area contributed by atoms with Gasteiger partial charge in [0.15, 0.2) is 0 Å². The molecule has 2 N–H and O–H groups in total. The Kier molecular flexibility index (Phi) is 4.13.